The minimum Gasteiger partial charge on any atom is -0.398 e. The highest BCUT2D eigenvalue weighted by molar-refractivity contribution is 9.10. The Morgan fingerprint density at radius 1 is 1.06 bits per heavy atom. The molecule has 18 heavy (non-hydrogen) atoms. The zero-order valence-electron chi connectivity index (χ0n) is 9.00. The van der Waals surface area contributed by atoms with Gasteiger partial charge in [0.25, 0.3) is 0 Å². The molecule has 0 bridgehead atoms. The van der Waals surface area contributed by atoms with E-state index in [4.69, 9.17) is 5.73 Å². The normalized spacial score (nSPS) is 10.7. The van der Waals surface area contributed by atoms with Crippen molar-refractivity contribution in [2.24, 2.45) is 0 Å². The molecule has 2 N–H and O–H groups in total. The standard InChI is InChI=1S/C11H7BrN4S2/c12-8-6(13)5-7(10-14-1-3-17-10)16-9(8)11-15-2-4-18-11/h1-5H,(H2,13,16). The highest BCUT2D eigenvalue weighted by Crippen LogP contribution is 2.35. The monoisotopic (exact) mass is 338 g/mol. The van der Waals surface area contributed by atoms with Crippen molar-refractivity contribution in [1.29, 1.82) is 0 Å². The molecular formula is C11H7BrN4S2. The molecule has 7 heteroatoms. The minimum absolute atomic E-state index is 0.639. The molecule has 0 amide bonds. The second-order valence-corrected chi connectivity index (χ2v) is 6.02. The lowest BCUT2D eigenvalue weighted by atomic mass is 10.2. The largest absolute Gasteiger partial charge is 0.398 e. The van der Waals surface area contributed by atoms with Crippen molar-refractivity contribution in [3.8, 4) is 21.4 Å². The van der Waals surface area contributed by atoms with Gasteiger partial charge in [-0.3, -0.25) is 0 Å². The molecule has 3 rings (SSSR count). The predicted molar refractivity (Wildman–Crippen MR) is 78.6 cm³/mol. The summed E-state index contributed by atoms with van der Waals surface area (Å²) in [6.45, 7) is 0. The topological polar surface area (TPSA) is 64.7 Å². The average Bonchev–Trinajstić information content (AvgIpc) is 3.03. The fourth-order valence-electron chi connectivity index (χ4n) is 1.49. The molecule has 0 radical (unpaired) electrons. The number of thiazole rings is 2. The Morgan fingerprint density at radius 3 is 2.33 bits per heavy atom. The zero-order chi connectivity index (χ0) is 12.5. The van der Waals surface area contributed by atoms with Crippen molar-refractivity contribution in [3.05, 3.63) is 33.7 Å². The molecule has 3 aromatic rings. The lowest BCUT2D eigenvalue weighted by molar-refractivity contribution is 1.26. The molecule has 0 aliphatic heterocycles. The first-order valence-electron chi connectivity index (χ1n) is 5.01. The van der Waals surface area contributed by atoms with Gasteiger partial charge in [0.15, 0.2) is 0 Å². The Labute approximate surface area is 120 Å². The van der Waals surface area contributed by atoms with Crippen LogP contribution >= 0.6 is 38.6 Å². The van der Waals surface area contributed by atoms with Gasteiger partial charge in [0, 0.05) is 23.2 Å². The van der Waals surface area contributed by atoms with Crippen molar-refractivity contribution >= 4 is 44.3 Å². The maximum absolute atomic E-state index is 6.00. The molecule has 0 aliphatic carbocycles. The van der Waals surface area contributed by atoms with Crippen molar-refractivity contribution in [3.63, 3.8) is 0 Å². The second kappa shape index (κ2) is 4.75. The van der Waals surface area contributed by atoms with Gasteiger partial charge in [-0.2, -0.15) is 0 Å². The summed E-state index contributed by atoms with van der Waals surface area (Å²) in [5.41, 5.74) is 8.17. The summed E-state index contributed by atoms with van der Waals surface area (Å²) in [7, 11) is 0. The SMILES string of the molecule is Nc1cc(-c2nccs2)nc(-c2nccs2)c1Br. The van der Waals surface area contributed by atoms with E-state index in [1.807, 2.05) is 16.8 Å². The van der Waals surface area contributed by atoms with Crippen LogP contribution in [0.3, 0.4) is 0 Å². The quantitative estimate of drug-likeness (QED) is 0.774. The smallest absolute Gasteiger partial charge is 0.143 e. The molecule has 0 aromatic carbocycles. The third kappa shape index (κ3) is 2.05. The van der Waals surface area contributed by atoms with E-state index in [0.717, 1.165) is 25.9 Å². The van der Waals surface area contributed by atoms with Crippen LogP contribution in [0, 0.1) is 0 Å². The van der Waals surface area contributed by atoms with Gasteiger partial charge in [-0.05, 0) is 22.0 Å². The van der Waals surface area contributed by atoms with Gasteiger partial charge in [0.2, 0.25) is 0 Å². The summed E-state index contributed by atoms with van der Waals surface area (Å²) in [4.78, 5) is 13.1. The van der Waals surface area contributed by atoms with Crippen LogP contribution in [0.25, 0.3) is 21.4 Å². The van der Waals surface area contributed by atoms with Gasteiger partial charge in [-0.1, -0.05) is 0 Å². The number of rotatable bonds is 2. The van der Waals surface area contributed by atoms with Crippen LogP contribution in [-0.2, 0) is 0 Å². The minimum atomic E-state index is 0.639. The number of halogens is 1. The first kappa shape index (κ1) is 11.8. The van der Waals surface area contributed by atoms with Crippen molar-refractivity contribution in [1.82, 2.24) is 15.0 Å². The third-order valence-corrected chi connectivity index (χ3v) is 4.68. The Hall–Kier alpha value is -1.31. The maximum Gasteiger partial charge on any atom is 0.143 e. The second-order valence-electron chi connectivity index (χ2n) is 3.43. The summed E-state index contributed by atoms with van der Waals surface area (Å²) in [5.74, 6) is 0. The van der Waals surface area contributed by atoms with Gasteiger partial charge in [-0.25, -0.2) is 15.0 Å². The van der Waals surface area contributed by atoms with Crippen LogP contribution in [0.1, 0.15) is 0 Å². The molecular weight excluding hydrogens is 332 g/mol. The van der Waals surface area contributed by atoms with Crippen molar-refractivity contribution < 1.29 is 0 Å². The number of hydrogen-bond donors (Lipinski definition) is 1. The molecule has 0 spiro atoms. The van der Waals surface area contributed by atoms with E-state index in [9.17, 15) is 0 Å². The van der Waals surface area contributed by atoms with Gasteiger partial charge in [-0.15, -0.1) is 22.7 Å². The zero-order valence-corrected chi connectivity index (χ0v) is 12.2. The van der Waals surface area contributed by atoms with Crippen LogP contribution in [0.5, 0.6) is 0 Å². The summed E-state index contributed by atoms with van der Waals surface area (Å²) >= 11 is 6.52. The summed E-state index contributed by atoms with van der Waals surface area (Å²) < 4.78 is 0.776. The Morgan fingerprint density at radius 2 is 1.72 bits per heavy atom. The van der Waals surface area contributed by atoms with E-state index in [1.54, 1.807) is 12.4 Å². The van der Waals surface area contributed by atoms with E-state index >= 15 is 0 Å². The molecule has 0 fully saturated rings. The summed E-state index contributed by atoms with van der Waals surface area (Å²) in [6.07, 6.45) is 3.50. The first-order valence-corrected chi connectivity index (χ1v) is 7.56. The first-order chi connectivity index (χ1) is 8.75. The van der Waals surface area contributed by atoms with Gasteiger partial charge in [0.05, 0.1) is 10.2 Å². The molecule has 0 saturated heterocycles. The summed E-state index contributed by atoms with van der Waals surface area (Å²) in [5, 5.41) is 5.52. The van der Waals surface area contributed by atoms with Crippen LogP contribution in [0.4, 0.5) is 5.69 Å². The molecule has 0 aliphatic rings. The summed E-state index contributed by atoms with van der Waals surface area (Å²) in [6, 6.07) is 1.82. The van der Waals surface area contributed by atoms with Crippen molar-refractivity contribution in [2.45, 2.75) is 0 Å². The van der Waals surface area contributed by atoms with Gasteiger partial charge < -0.3 is 5.73 Å². The lowest BCUT2D eigenvalue weighted by Crippen LogP contribution is -1.95. The highest BCUT2D eigenvalue weighted by Gasteiger charge is 2.14. The molecule has 0 atom stereocenters. The van der Waals surface area contributed by atoms with Crippen molar-refractivity contribution in [2.75, 3.05) is 5.73 Å². The van der Waals surface area contributed by atoms with E-state index in [-0.39, 0.29) is 0 Å². The van der Waals surface area contributed by atoms with Gasteiger partial charge >= 0.3 is 0 Å². The number of nitrogens with two attached hydrogens (primary N) is 1. The Balaban J connectivity index is 2.20. The highest BCUT2D eigenvalue weighted by atomic mass is 79.9. The van der Waals surface area contributed by atoms with Crippen LogP contribution in [0.2, 0.25) is 0 Å². The number of aromatic nitrogens is 3. The van der Waals surface area contributed by atoms with Gasteiger partial charge in [0.1, 0.15) is 21.4 Å². The molecule has 3 aromatic heterocycles. The van der Waals surface area contributed by atoms with E-state index in [2.05, 4.69) is 30.9 Å². The Kier molecular flexibility index (Phi) is 3.11. The van der Waals surface area contributed by atoms with E-state index in [1.165, 1.54) is 22.7 Å². The average molecular weight is 339 g/mol. The molecule has 0 unspecified atom stereocenters. The number of nitrogens with zero attached hydrogens (tertiary/aromatic N) is 3. The molecule has 4 nitrogen and oxygen atoms in total. The fraction of sp³-hybridized carbons (Fsp3) is 0. The molecule has 3 heterocycles. The lowest BCUT2D eigenvalue weighted by Gasteiger charge is -2.06. The number of hydrogen-bond acceptors (Lipinski definition) is 6. The molecule has 0 saturated carbocycles. The third-order valence-electron chi connectivity index (χ3n) is 2.27. The van der Waals surface area contributed by atoms with E-state index in [0.29, 0.717) is 5.69 Å². The number of pyridine rings is 1. The fourth-order valence-corrected chi connectivity index (χ4v) is 3.24. The van der Waals surface area contributed by atoms with Crippen LogP contribution in [-0.4, -0.2) is 15.0 Å². The van der Waals surface area contributed by atoms with Crippen LogP contribution in [0.15, 0.2) is 33.7 Å². The number of nitrogen functional groups attached to an aromatic ring is 1. The number of anilines is 1. The maximum atomic E-state index is 6.00. The predicted octanol–water partition coefficient (Wildman–Crippen LogP) is 3.67. The van der Waals surface area contributed by atoms with E-state index < -0.39 is 0 Å². The molecule has 90 valence electrons. The Bertz CT molecular complexity index is 665. The van der Waals surface area contributed by atoms with Crippen LogP contribution < -0.4 is 5.73 Å².